The Labute approximate surface area is 125 Å². The van der Waals surface area contributed by atoms with Crippen LogP contribution < -0.4 is 10.1 Å². The van der Waals surface area contributed by atoms with Crippen molar-refractivity contribution in [1.29, 1.82) is 0 Å². The number of ether oxygens (including phenoxy) is 1. The van der Waals surface area contributed by atoms with Crippen molar-refractivity contribution in [2.24, 2.45) is 0 Å². The quantitative estimate of drug-likeness (QED) is 0.916. The molecular weight excluding hydrogens is 262 g/mol. The number of nitrogens with one attached hydrogen (secondary N) is 1. The van der Waals surface area contributed by atoms with Gasteiger partial charge in [-0.15, -0.1) is 0 Å². The van der Waals surface area contributed by atoms with Gasteiger partial charge in [0.05, 0.1) is 18.4 Å². The third-order valence-electron chi connectivity index (χ3n) is 3.65. The zero-order chi connectivity index (χ0) is 14.8. The summed E-state index contributed by atoms with van der Waals surface area (Å²) in [7, 11) is 1.68. The Hall–Kier alpha value is -1.94. The average molecular weight is 283 g/mol. The van der Waals surface area contributed by atoms with E-state index in [1.807, 2.05) is 32.0 Å². The summed E-state index contributed by atoms with van der Waals surface area (Å²) < 4.78 is 5.47. The molecular formula is C17H21N3O. The van der Waals surface area contributed by atoms with E-state index in [-0.39, 0.29) is 0 Å². The van der Waals surface area contributed by atoms with Crippen molar-refractivity contribution in [3.05, 3.63) is 41.2 Å². The first kappa shape index (κ1) is 14.0. The molecule has 0 radical (unpaired) electrons. The smallest absolute Gasteiger partial charge is 0.163 e. The number of rotatable bonds is 5. The molecule has 1 fully saturated rings. The number of aryl methyl sites for hydroxylation is 2. The second kappa shape index (κ2) is 5.82. The van der Waals surface area contributed by atoms with Crippen molar-refractivity contribution in [3.8, 4) is 17.1 Å². The third-order valence-corrected chi connectivity index (χ3v) is 3.65. The van der Waals surface area contributed by atoms with Gasteiger partial charge in [-0.25, -0.2) is 9.97 Å². The largest absolute Gasteiger partial charge is 0.496 e. The monoisotopic (exact) mass is 283 g/mol. The Morgan fingerprint density at radius 2 is 2.00 bits per heavy atom. The van der Waals surface area contributed by atoms with Gasteiger partial charge in [0.2, 0.25) is 0 Å². The summed E-state index contributed by atoms with van der Waals surface area (Å²) in [5, 5.41) is 3.49. The van der Waals surface area contributed by atoms with Gasteiger partial charge in [0.15, 0.2) is 5.82 Å². The lowest BCUT2D eigenvalue weighted by molar-refractivity contribution is 0.416. The Morgan fingerprint density at radius 1 is 1.19 bits per heavy atom. The van der Waals surface area contributed by atoms with Crippen molar-refractivity contribution >= 4 is 0 Å². The molecule has 4 heteroatoms. The van der Waals surface area contributed by atoms with Crippen molar-refractivity contribution in [3.63, 3.8) is 0 Å². The minimum Gasteiger partial charge on any atom is -0.496 e. The summed E-state index contributed by atoms with van der Waals surface area (Å²) in [6, 6.07) is 8.83. The number of hydrogen-bond donors (Lipinski definition) is 1. The molecule has 0 spiro atoms. The molecule has 3 rings (SSSR count). The van der Waals surface area contributed by atoms with Crippen LogP contribution in [0.2, 0.25) is 0 Å². The predicted octanol–water partition coefficient (Wildman–Crippen LogP) is 3.02. The van der Waals surface area contributed by atoms with Crippen LogP contribution >= 0.6 is 0 Å². The van der Waals surface area contributed by atoms with Crippen molar-refractivity contribution in [2.45, 2.75) is 39.3 Å². The van der Waals surface area contributed by atoms with Gasteiger partial charge in [-0.1, -0.05) is 6.07 Å². The lowest BCUT2D eigenvalue weighted by Gasteiger charge is -2.11. The average Bonchev–Trinajstić information content (AvgIpc) is 3.28. The Kier molecular flexibility index (Phi) is 3.88. The second-order valence-electron chi connectivity index (χ2n) is 5.68. The lowest BCUT2D eigenvalue weighted by atomic mass is 10.1. The van der Waals surface area contributed by atoms with E-state index >= 15 is 0 Å². The van der Waals surface area contributed by atoms with Crippen LogP contribution in [0.15, 0.2) is 24.3 Å². The predicted molar refractivity (Wildman–Crippen MR) is 83.4 cm³/mol. The first-order valence-electron chi connectivity index (χ1n) is 7.38. The molecule has 0 saturated heterocycles. The summed E-state index contributed by atoms with van der Waals surface area (Å²) in [5.41, 5.74) is 4.13. The van der Waals surface area contributed by atoms with E-state index in [9.17, 15) is 0 Å². The molecule has 1 heterocycles. The van der Waals surface area contributed by atoms with E-state index in [1.165, 1.54) is 18.4 Å². The third kappa shape index (κ3) is 3.39. The van der Waals surface area contributed by atoms with Gasteiger partial charge in [-0.3, -0.25) is 0 Å². The van der Waals surface area contributed by atoms with Gasteiger partial charge >= 0.3 is 0 Å². The zero-order valence-corrected chi connectivity index (χ0v) is 12.8. The fourth-order valence-electron chi connectivity index (χ4n) is 2.36. The van der Waals surface area contributed by atoms with E-state index in [0.29, 0.717) is 6.04 Å². The van der Waals surface area contributed by atoms with E-state index < -0.39 is 0 Å². The highest BCUT2D eigenvalue weighted by Gasteiger charge is 2.20. The molecule has 21 heavy (non-hydrogen) atoms. The van der Waals surface area contributed by atoms with E-state index in [1.54, 1.807) is 7.11 Å². The molecule has 0 atom stereocenters. The summed E-state index contributed by atoms with van der Waals surface area (Å²) in [5.74, 6) is 1.56. The molecule has 1 saturated carbocycles. The molecule has 2 aromatic rings. The Morgan fingerprint density at radius 3 is 2.71 bits per heavy atom. The number of methoxy groups -OCH3 is 1. The maximum Gasteiger partial charge on any atom is 0.163 e. The number of aromatic nitrogens is 2. The first-order valence-corrected chi connectivity index (χ1v) is 7.38. The van der Waals surface area contributed by atoms with Gasteiger partial charge in [0.25, 0.3) is 0 Å². The number of benzene rings is 1. The summed E-state index contributed by atoms with van der Waals surface area (Å²) in [4.78, 5) is 9.25. The standard InChI is InChI=1S/C17H21N3O/c1-11-4-7-15(16(8-11)21-3)17-19-12(2)9-14(20-17)10-18-13-5-6-13/h4,7-9,13,18H,5-6,10H2,1-3H3. The van der Waals surface area contributed by atoms with E-state index in [4.69, 9.17) is 4.74 Å². The van der Waals surface area contributed by atoms with Crippen LogP contribution in [-0.2, 0) is 6.54 Å². The maximum absolute atomic E-state index is 5.47. The van der Waals surface area contributed by atoms with E-state index in [2.05, 4.69) is 21.4 Å². The molecule has 1 aromatic carbocycles. The molecule has 4 nitrogen and oxygen atoms in total. The van der Waals surface area contributed by atoms with Crippen molar-refractivity contribution in [2.75, 3.05) is 7.11 Å². The topological polar surface area (TPSA) is 47.0 Å². The summed E-state index contributed by atoms with van der Waals surface area (Å²) in [6.45, 7) is 4.86. The Bertz CT molecular complexity index is 650. The molecule has 1 aliphatic carbocycles. The van der Waals surface area contributed by atoms with Crippen LogP contribution in [0.1, 0.15) is 29.8 Å². The van der Waals surface area contributed by atoms with Crippen molar-refractivity contribution < 1.29 is 4.74 Å². The minimum atomic E-state index is 0.678. The summed E-state index contributed by atoms with van der Waals surface area (Å²) in [6.07, 6.45) is 2.56. The molecule has 0 unspecified atom stereocenters. The highest BCUT2D eigenvalue weighted by atomic mass is 16.5. The second-order valence-corrected chi connectivity index (χ2v) is 5.68. The molecule has 0 aliphatic heterocycles. The summed E-state index contributed by atoms with van der Waals surface area (Å²) >= 11 is 0. The van der Waals surface area contributed by atoms with Crippen LogP contribution in [0, 0.1) is 13.8 Å². The van der Waals surface area contributed by atoms with Crippen molar-refractivity contribution in [1.82, 2.24) is 15.3 Å². The lowest BCUT2D eigenvalue weighted by Crippen LogP contribution is -2.16. The van der Waals surface area contributed by atoms with Crippen LogP contribution in [0.4, 0.5) is 0 Å². The fourth-order valence-corrected chi connectivity index (χ4v) is 2.36. The molecule has 1 aliphatic rings. The molecule has 1 N–H and O–H groups in total. The van der Waals surface area contributed by atoms with Crippen LogP contribution in [0.3, 0.4) is 0 Å². The molecule has 0 bridgehead atoms. The van der Waals surface area contributed by atoms with Gasteiger partial charge in [-0.2, -0.15) is 0 Å². The Balaban J connectivity index is 1.93. The SMILES string of the molecule is COc1cc(C)ccc1-c1nc(C)cc(CNC2CC2)n1. The fraction of sp³-hybridized carbons (Fsp3) is 0.412. The molecule has 110 valence electrons. The number of nitrogens with zero attached hydrogens (tertiary/aromatic N) is 2. The van der Waals surface area contributed by atoms with Gasteiger partial charge in [-0.05, 0) is 50.5 Å². The maximum atomic E-state index is 5.47. The normalized spacial score (nSPS) is 14.2. The van der Waals surface area contributed by atoms with Crippen LogP contribution in [0.25, 0.3) is 11.4 Å². The first-order chi connectivity index (χ1) is 10.2. The van der Waals surface area contributed by atoms with Crippen LogP contribution in [-0.4, -0.2) is 23.1 Å². The highest BCUT2D eigenvalue weighted by Crippen LogP contribution is 2.28. The zero-order valence-electron chi connectivity index (χ0n) is 12.8. The van der Waals surface area contributed by atoms with Crippen LogP contribution in [0.5, 0.6) is 5.75 Å². The molecule has 1 aromatic heterocycles. The van der Waals surface area contributed by atoms with E-state index in [0.717, 1.165) is 35.1 Å². The number of hydrogen-bond acceptors (Lipinski definition) is 4. The molecule has 0 amide bonds. The minimum absolute atomic E-state index is 0.678. The highest BCUT2D eigenvalue weighted by molar-refractivity contribution is 5.65. The van der Waals surface area contributed by atoms with Gasteiger partial charge in [0, 0.05) is 18.3 Å². The van der Waals surface area contributed by atoms with Gasteiger partial charge < -0.3 is 10.1 Å². The van der Waals surface area contributed by atoms with Gasteiger partial charge in [0.1, 0.15) is 5.75 Å².